The monoisotopic (exact) mass is 620 g/mol. The van der Waals surface area contributed by atoms with Gasteiger partial charge >= 0.3 is 6.09 Å². The van der Waals surface area contributed by atoms with E-state index >= 15 is 0 Å². The van der Waals surface area contributed by atoms with Gasteiger partial charge in [0.05, 0.1) is 26.3 Å². The van der Waals surface area contributed by atoms with Crippen LogP contribution in [-0.4, -0.2) is 61.9 Å². The fourth-order valence-corrected chi connectivity index (χ4v) is 6.93. The first-order valence-corrected chi connectivity index (χ1v) is 17.6. The fraction of sp³-hybridized carbons (Fsp3) is 0.439. The number of hydrogen-bond acceptors (Lipinski definition) is 3. The van der Waals surface area contributed by atoms with Crippen LogP contribution in [0.15, 0.2) is 97.1 Å². The summed E-state index contributed by atoms with van der Waals surface area (Å²) in [4.78, 5) is 15.3. The summed E-state index contributed by atoms with van der Waals surface area (Å²) in [5.41, 5.74) is 4.32. The van der Waals surface area contributed by atoms with Crippen molar-refractivity contribution < 1.29 is 14.0 Å². The Bertz CT molecular complexity index is 1510. The molecule has 244 valence electrons. The van der Waals surface area contributed by atoms with Crippen LogP contribution in [0.3, 0.4) is 0 Å². The fourth-order valence-electron chi connectivity index (χ4n) is 6.93. The number of piperidine rings is 1. The SMILES string of the molecule is C[C@H](c1cccc2ccccc12)[N+](C)(C)CCCCCCCCCN1CCC(OC(=O)Nc2ccccc2-c2ccccc2)CC1. The van der Waals surface area contributed by atoms with Crippen molar-refractivity contribution in [2.75, 3.05) is 45.6 Å². The number of carbonyl (C=O) groups is 1. The Hall–Kier alpha value is -3.67. The van der Waals surface area contributed by atoms with Crippen LogP contribution >= 0.6 is 0 Å². The predicted octanol–water partition coefficient (Wildman–Crippen LogP) is 10.1. The summed E-state index contributed by atoms with van der Waals surface area (Å²) in [5.74, 6) is 0. The summed E-state index contributed by atoms with van der Waals surface area (Å²) < 4.78 is 6.85. The number of quaternary nitrogens is 1. The van der Waals surface area contributed by atoms with Crippen LogP contribution < -0.4 is 5.32 Å². The van der Waals surface area contributed by atoms with Crippen molar-refractivity contribution in [2.45, 2.75) is 76.9 Å². The van der Waals surface area contributed by atoms with Crippen LogP contribution in [-0.2, 0) is 4.74 Å². The highest BCUT2D eigenvalue weighted by atomic mass is 16.6. The molecule has 0 bridgehead atoms. The van der Waals surface area contributed by atoms with E-state index in [2.05, 4.69) is 85.8 Å². The van der Waals surface area contributed by atoms with Crippen LogP contribution in [0.2, 0.25) is 0 Å². The third-order valence-corrected chi connectivity index (χ3v) is 10.1. The number of fused-ring (bicyclic) bond motifs is 1. The van der Waals surface area contributed by atoms with Gasteiger partial charge in [-0.2, -0.15) is 0 Å². The van der Waals surface area contributed by atoms with E-state index in [4.69, 9.17) is 4.74 Å². The van der Waals surface area contributed by atoms with Crippen molar-refractivity contribution in [3.8, 4) is 11.1 Å². The summed E-state index contributed by atoms with van der Waals surface area (Å²) in [7, 11) is 4.78. The standard InChI is InChI=1S/C41H53N3O2/c1-33(37-25-18-22-34-21-12-13-23-38(34)37)44(2,3)32-17-8-6-4-5-7-16-29-43-30-27-36(28-31-43)46-41(45)42-40-26-15-14-24-39(40)35-19-10-9-11-20-35/h9-15,18-26,33,36H,4-8,16-17,27-32H2,1-3H3/p+1/t33-/m1/s1. The molecule has 4 aromatic rings. The summed E-state index contributed by atoms with van der Waals surface area (Å²) in [6.07, 6.45) is 10.6. The van der Waals surface area contributed by atoms with Crippen molar-refractivity contribution in [1.29, 1.82) is 0 Å². The summed E-state index contributed by atoms with van der Waals surface area (Å²) in [5, 5.41) is 5.72. The molecule has 5 rings (SSSR count). The zero-order valence-electron chi connectivity index (χ0n) is 28.3. The second-order valence-corrected chi connectivity index (χ2v) is 13.7. The van der Waals surface area contributed by atoms with Gasteiger partial charge < -0.3 is 14.1 Å². The molecule has 0 unspecified atom stereocenters. The number of anilines is 1. The van der Waals surface area contributed by atoms with Gasteiger partial charge in [0.25, 0.3) is 0 Å². The van der Waals surface area contributed by atoms with Crippen LogP contribution in [0.25, 0.3) is 21.9 Å². The Labute approximate surface area is 277 Å². The topological polar surface area (TPSA) is 41.6 Å². The van der Waals surface area contributed by atoms with Gasteiger partial charge in [-0.1, -0.05) is 117 Å². The van der Waals surface area contributed by atoms with E-state index in [1.165, 1.54) is 67.8 Å². The van der Waals surface area contributed by atoms with Crippen LogP contribution in [0, 0.1) is 0 Å². The van der Waals surface area contributed by atoms with Crippen molar-refractivity contribution in [3.05, 3.63) is 103 Å². The minimum Gasteiger partial charge on any atom is -0.446 e. The van der Waals surface area contributed by atoms with Crippen LogP contribution in [0.5, 0.6) is 0 Å². The molecule has 5 nitrogen and oxygen atoms in total. The molecule has 1 amide bonds. The molecular weight excluding hydrogens is 566 g/mol. The van der Waals surface area contributed by atoms with Gasteiger partial charge in [-0.15, -0.1) is 0 Å². The minimum absolute atomic E-state index is 0.0150. The molecule has 1 fully saturated rings. The number of para-hydroxylation sites is 1. The molecule has 0 aliphatic carbocycles. The first-order valence-electron chi connectivity index (χ1n) is 17.6. The Balaban J connectivity index is 0.911. The highest BCUT2D eigenvalue weighted by Crippen LogP contribution is 2.31. The van der Waals surface area contributed by atoms with Gasteiger partial charge in [-0.3, -0.25) is 5.32 Å². The lowest BCUT2D eigenvalue weighted by molar-refractivity contribution is -0.919. The number of ether oxygens (including phenoxy) is 1. The molecule has 0 radical (unpaired) electrons. The van der Waals surface area contributed by atoms with E-state index in [1.54, 1.807) is 0 Å². The summed E-state index contributed by atoms with van der Waals surface area (Å²) in [6, 6.07) is 34.0. The van der Waals surface area contributed by atoms with Gasteiger partial charge in [0.2, 0.25) is 0 Å². The molecule has 1 saturated heterocycles. The molecule has 4 aromatic carbocycles. The summed E-state index contributed by atoms with van der Waals surface area (Å²) in [6.45, 7) is 6.77. The number of nitrogens with zero attached hydrogens (tertiary/aromatic N) is 2. The second kappa shape index (κ2) is 16.8. The quantitative estimate of drug-likeness (QED) is 0.106. The van der Waals surface area contributed by atoms with Gasteiger partial charge in [0.15, 0.2) is 0 Å². The second-order valence-electron chi connectivity index (χ2n) is 13.7. The molecule has 0 spiro atoms. The van der Waals surface area contributed by atoms with Gasteiger partial charge in [-0.25, -0.2) is 4.79 Å². The third-order valence-electron chi connectivity index (χ3n) is 10.1. The number of benzene rings is 4. The van der Waals surface area contributed by atoms with Crippen LogP contribution in [0.4, 0.5) is 10.5 Å². The Morgan fingerprint density at radius 2 is 1.41 bits per heavy atom. The number of carbonyl (C=O) groups excluding carboxylic acids is 1. The number of amides is 1. The molecule has 46 heavy (non-hydrogen) atoms. The average molecular weight is 621 g/mol. The Morgan fingerprint density at radius 3 is 2.20 bits per heavy atom. The number of unbranched alkanes of at least 4 members (excludes halogenated alkanes) is 6. The van der Waals surface area contributed by atoms with E-state index in [9.17, 15) is 4.79 Å². The third kappa shape index (κ3) is 9.43. The molecule has 1 aliphatic rings. The normalized spacial score (nSPS) is 15.1. The lowest BCUT2D eigenvalue weighted by Crippen LogP contribution is -2.42. The highest BCUT2D eigenvalue weighted by Gasteiger charge is 2.26. The maximum atomic E-state index is 12.7. The molecular formula is C41H54N3O2+. The first kappa shape index (κ1) is 33.7. The molecule has 0 saturated carbocycles. The van der Waals surface area contributed by atoms with Gasteiger partial charge in [0.1, 0.15) is 12.1 Å². The smallest absolute Gasteiger partial charge is 0.411 e. The highest BCUT2D eigenvalue weighted by molar-refractivity contribution is 5.91. The van der Waals surface area contributed by atoms with Gasteiger partial charge in [-0.05, 0) is 68.0 Å². The predicted molar refractivity (Wildman–Crippen MR) is 193 cm³/mol. The lowest BCUT2D eigenvalue weighted by Gasteiger charge is -2.37. The maximum absolute atomic E-state index is 12.7. The molecule has 1 atom stereocenters. The molecule has 1 aliphatic heterocycles. The Kier molecular flexibility index (Phi) is 12.3. The molecule has 5 heteroatoms. The van der Waals surface area contributed by atoms with E-state index in [0.29, 0.717) is 6.04 Å². The number of likely N-dealkylation sites (tertiary alicyclic amines) is 1. The maximum Gasteiger partial charge on any atom is 0.411 e. The lowest BCUT2D eigenvalue weighted by atomic mass is 9.97. The van der Waals surface area contributed by atoms with E-state index in [1.807, 2.05) is 42.5 Å². The zero-order chi connectivity index (χ0) is 32.2. The van der Waals surface area contributed by atoms with Gasteiger partial charge in [0, 0.05) is 24.2 Å². The van der Waals surface area contributed by atoms with E-state index in [0.717, 1.165) is 53.8 Å². The first-order chi connectivity index (χ1) is 22.4. The van der Waals surface area contributed by atoms with E-state index < -0.39 is 0 Å². The van der Waals surface area contributed by atoms with Crippen molar-refractivity contribution >= 4 is 22.6 Å². The van der Waals surface area contributed by atoms with E-state index in [-0.39, 0.29) is 12.2 Å². The zero-order valence-corrected chi connectivity index (χ0v) is 28.3. The largest absolute Gasteiger partial charge is 0.446 e. The average Bonchev–Trinajstić information content (AvgIpc) is 3.08. The van der Waals surface area contributed by atoms with Crippen molar-refractivity contribution in [3.63, 3.8) is 0 Å². The molecule has 0 aromatic heterocycles. The van der Waals surface area contributed by atoms with Crippen molar-refractivity contribution in [1.82, 2.24) is 4.90 Å². The van der Waals surface area contributed by atoms with Crippen molar-refractivity contribution in [2.24, 2.45) is 0 Å². The Morgan fingerprint density at radius 1 is 0.783 bits per heavy atom. The van der Waals surface area contributed by atoms with Crippen LogP contribution in [0.1, 0.15) is 76.3 Å². The number of rotatable bonds is 15. The minimum atomic E-state index is -0.358. The number of hydrogen-bond donors (Lipinski definition) is 1. The molecule has 1 heterocycles. The molecule has 1 N–H and O–H groups in total. The summed E-state index contributed by atoms with van der Waals surface area (Å²) >= 11 is 0. The number of nitrogens with one attached hydrogen (secondary N) is 1.